The van der Waals surface area contributed by atoms with Crippen LogP contribution in [0.3, 0.4) is 0 Å². The zero-order valence-electron chi connectivity index (χ0n) is 15.4. The molecule has 140 valence electrons. The highest BCUT2D eigenvalue weighted by Crippen LogP contribution is 2.24. The predicted molar refractivity (Wildman–Crippen MR) is 105 cm³/mol. The van der Waals surface area contributed by atoms with Crippen LogP contribution in [0.15, 0.2) is 42.5 Å². The standard InChI is InChI=1S/C21H21NO4S/c1-3-25-18-9-8-15(14(2)23)12-16(18)13-26-21(24)11-10-20-22-17-6-4-5-7-19(17)27-20/h4-9,12H,3,10-11,13H2,1-2H3. The molecule has 0 radical (unpaired) electrons. The van der Waals surface area contributed by atoms with E-state index in [0.717, 1.165) is 15.2 Å². The fourth-order valence-corrected chi connectivity index (χ4v) is 3.64. The molecule has 0 N–H and O–H groups in total. The van der Waals surface area contributed by atoms with Crippen molar-refractivity contribution in [3.8, 4) is 5.75 Å². The van der Waals surface area contributed by atoms with Gasteiger partial charge in [-0.15, -0.1) is 11.3 Å². The molecule has 27 heavy (non-hydrogen) atoms. The number of Topliss-reactive ketones (excluding diaryl/α,β-unsaturated/α-hetero) is 1. The maximum Gasteiger partial charge on any atom is 0.306 e. The molecule has 0 bridgehead atoms. The summed E-state index contributed by atoms with van der Waals surface area (Å²) in [6.07, 6.45) is 0.806. The van der Waals surface area contributed by atoms with Gasteiger partial charge in [-0.3, -0.25) is 9.59 Å². The third-order valence-electron chi connectivity index (χ3n) is 4.04. The maximum absolute atomic E-state index is 12.1. The van der Waals surface area contributed by atoms with Crippen LogP contribution in [0, 0.1) is 0 Å². The van der Waals surface area contributed by atoms with E-state index in [4.69, 9.17) is 9.47 Å². The van der Waals surface area contributed by atoms with Gasteiger partial charge in [0, 0.05) is 17.5 Å². The number of hydrogen-bond acceptors (Lipinski definition) is 6. The van der Waals surface area contributed by atoms with Crippen molar-refractivity contribution in [2.45, 2.75) is 33.3 Å². The highest BCUT2D eigenvalue weighted by atomic mass is 32.1. The highest BCUT2D eigenvalue weighted by molar-refractivity contribution is 7.18. The summed E-state index contributed by atoms with van der Waals surface area (Å²) in [5.41, 5.74) is 2.21. The molecule has 0 amide bonds. The summed E-state index contributed by atoms with van der Waals surface area (Å²) in [5.74, 6) is 0.285. The Bertz CT molecular complexity index is 931. The van der Waals surface area contributed by atoms with Crippen molar-refractivity contribution in [1.82, 2.24) is 4.98 Å². The molecule has 1 aromatic heterocycles. The average molecular weight is 383 g/mol. The lowest BCUT2D eigenvalue weighted by atomic mass is 10.1. The zero-order valence-corrected chi connectivity index (χ0v) is 16.2. The maximum atomic E-state index is 12.1. The summed E-state index contributed by atoms with van der Waals surface area (Å²) in [6, 6.07) is 13.1. The van der Waals surface area contributed by atoms with E-state index in [9.17, 15) is 9.59 Å². The number of rotatable bonds is 8. The molecule has 0 aliphatic heterocycles. The van der Waals surface area contributed by atoms with Crippen molar-refractivity contribution in [3.63, 3.8) is 0 Å². The minimum atomic E-state index is -0.301. The van der Waals surface area contributed by atoms with E-state index < -0.39 is 0 Å². The fourth-order valence-electron chi connectivity index (χ4n) is 2.67. The van der Waals surface area contributed by atoms with Gasteiger partial charge in [0.25, 0.3) is 0 Å². The number of hydrogen-bond donors (Lipinski definition) is 0. The number of carbonyl (C=O) groups is 2. The Hall–Kier alpha value is -2.73. The van der Waals surface area contributed by atoms with Gasteiger partial charge in [-0.25, -0.2) is 4.98 Å². The van der Waals surface area contributed by atoms with Crippen LogP contribution in [-0.4, -0.2) is 23.3 Å². The molecule has 0 aliphatic rings. The molecule has 0 fully saturated rings. The minimum absolute atomic E-state index is 0.0403. The SMILES string of the molecule is CCOc1ccc(C(C)=O)cc1COC(=O)CCc1nc2ccccc2s1. The Balaban J connectivity index is 1.59. The molecular weight excluding hydrogens is 362 g/mol. The van der Waals surface area contributed by atoms with Crippen LogP contribution >= 0.6 is 11.3 Å². The zero-order chi connectivity index (χ0) is 19.2. The monoisotopic (exact) mass is 383 g/mol. The van der Waals surface area contributed by atoms with Gasteiger partial charge in [0.2, 0.25) is 0 Å². The largest absolute Gasteiger partial charge is 0.493 e. The Kier molecular flexibility index (Phi) is 6.19. The van der Waals surface area contributed by atoms with Crippen LogP contribution in [0.2, 0.25) is 0 Å². The molecule has 5 nitrogen and oxygen atoms in total. The first kappa shape index (κ1) is 19.0. The van der Waals surface area contributed by atoms with E-state index in [1.54, 1.807) is 29.5 Å². The van der Waals surface area contributed by atoms with Crippen LogP contribution in [-0.2, 0) is 22.6 Å². The summed E-state index contributed by atoms with van der Waals surface area (Å²) in [4.78, 5) is 28.2. The van der Waals surface area contributed by atoms with Crippen molar-refractivity contribution >= 4 is 33.3 Å². The predicted octanol–water partition coefficient (Wildman–Crippen LogP) is 4.57. The Morgan fingerprint density at radius 1 is 1.15 bits per heavy atom. The number of fused-ring (bicyclic) bond motifs is 1. The molecule has 3 aromatic rings. The number of carbonyl (C=O) groups excluding carboxylic acids is 2. The van der Waals surface area contributed by atoms with Crippen LogP contribution in [0.5, 0.6) is 5.75 Å². The molecule has 0 aliphatic carbocycles. The first-order valence-corrected chi connectivity index (χ1v) is 9.65. The van der Waals surface area contributed by atoms with Gasteiger partial charge in [-0.2, -0.15) is 0 Å². The van der Waals surface area contributed by atoms with Gasteiger partial charge in [-0.1, -0.05) is 12.1 Å². The second-order valence-electron chi connectivity index (χ2n) is 6.05. The second kappa shape index (κ2) is 8.77. The van der Waals surface area contributed by atoms with Crippen LogP contribution < -0.4 is 4.74 Å². The second-order valence-corrected chi connectivity index (χ2v) is 7.16. The van der Waals surface area contributed by atoms with Crippen LogP contribution in [0.25, 0.3) is 10.2 Å². The summed E-state index contributed by atoms with van der Waals surface area (Å²) < 4.78 is 12.1. The number of aromatic nitrogens is 1. The quantitative estimate of drug-likeness (QED) is 0.421. The van der Waals surface area contributed by atoms with Crippen LogP contribution in [0.4, 0.5) is 0 Å². The van der Waals surface area contributed by atoms with Crippen molar-refractivity contribution in [3.05, 3.63) is 58.6 Å². The highest BCUT2D eigenvalue weighted by Gasteiger charge is 2.12. The van der Waals surface area contributed by atoms with Crippen molar-refractivity contribution in [2.75, 3.05) is 6.61 Å². The lowest BCUT2D eigenvalue weighted by Gasteiger charge is -2.12. The smallest absolute Gasteiger partial charge is 0.306 e. The number of esters is 1. The van der Waals surface area contributed by atoms with E-state index in [0.29, 0.717) is 29.9 Å². The van der Waals surface area contributed by atoms with Crippen molar-refractivity contribution in [2.24, 2.45) is 0 Å². The number of thiazole rings is 1. The van der Waals surface area contributed by atoms with E-state index in [-0.39, 0.29) is 24.8 Å². The number of ketones is 1. The van der Waals surface area contributed by atoms with Gasteiger partial charge in [0.15, 0.2) is 5.78 Å². The van der Waals surface area contributed by atoms with Crippen LogP contribution in [0.1, 0.15) is 41.2 Å². The molecule has 0 saturated carbocycles. The molecule has 0 atom stereocenters. The third kappa shape index (κ3) is 4.92. The van der Waals surface area contributed by atoms with Gasteiger partial charge in [0.1, 0.15) is 12.4 Å². The molecule has 0 saturated heterocycles. The average Bonchev–Trinajstić information content (AvgIpc) is 3.08. The van der Waals surface area contributed by atoms with E-state index in [1.807, 2.05) is 31.2 Å². The molecule has 0 spiro atoms. The van der Waals surface area contributed by atoms with Crippen molar-refractivity contribution < 1.29 is 19.1 Å². The topological polar surface area (TPSA) is 65.5 Å². The first-order valence-electron chi connectivity index (χ1n) is 8.83. The number of nitrogens with zero attached hydrogens (tertiary/aromatic N) is 1. The molecular formula is C21H21NO4S. The Morgan fingerprint density at radius 3 is 2.70 bits per heavy atom. The Labute approximate surface area is 161 Å². The number of ether oxygens (including phenoxy) is 2. The Morgan fingerprint density at radius 2 is 1.96 bits per heavy atom. The molecule has 6 heteroatoms. The number of benzene rings is 2. The van der Waals surface area contributed by atoms with Gasteiger partial charge in [-0.05, 0) is 44.2 Å². The van der Waals surface area contributed by atoms with Gasteiger partial charge in [0.05, 0.1) is 28.3 Å². The molecule has 0 unspecified atom stereocenters. The van der Waals surface area contributed by atoms with E-state index in [1.165, 1.54) is 6.92 Å². The normalized spacial score (nSPS) is 10.7. The van der Waals surface area contributed by atoms with E-state index in [2.05, 4.69) is 4.98 Å². The summed E-state index contributed by atoms with van der Waals surface area (Å²) >= 11 is 1.59. The first-order chi connectivity index (χ1) is 13.1. The number of aryl methyl sites for hydroxylation is 1. The number of para-hydroxylation sites is 1. The van der Waals surface area contributed by atoms with E-state index >= 15 is 0 Å². The lowest BCUT2D eigenvalue weighted by Crippen LogP contribution is -2.08. The third-order valence-corrected chi connectivity index (χ3v) is 5.13. The summed E-state index contributed by atoms with van der Waals surface area (Å²) in [7, 11) is 0. The summed E-state index contributed by atoms with van der Waals surface area (Å²) in [5, 5.41) is 0.918. The summed E-state index contributed by atoms with van der Waals surface area (Å²) in [6.45, 7) is 3.96. The minimum Gasteiger partial charge on any atom is -0.493 e. The lowest BCUT2D eigenvalue weighted by molar-refractivity contribution is -0.144. The molecule has 1 heterocycles. The molecule has 2 aromatic carbocycles. The fraction of sp³-hybridized carbons (Fsp3) is 0.286. The van der Waals surface area contributed by atoms with Gasteiger partial charge < -0.3 is 9.47 Å². The molecule has 3 rings (SSSR count). The van der Waals surface area contributed by atoms with Gasteiger partial charge >= 0.3 is 5.97 Å². The van der Waals surface area contributed by atoms with Crippen molar-refractivity contribution in [1.29, 1.82) is 0 Å².